The standard InChI is InChI=1S/C14H20N4O2/c1-17-11-12(8-13(17)9-15)10-16-3-2-14(19)18-4-6-20-7-5-18/h8,11,16H,2-7,10H2,1H3. The quantitative estimate of drug-likeness (QED) is 0.782. The first-order valence-corrected chi connectivity index (χ1v) is 6.82. The Hall–Kier alpha value is -1.84. The SMILES string of the molecule is Cn1cc(CNCCC(=O)N2CCOCC2)cc1C#N. The van der Waals surface area contributed by atoms with E-state index < -0.39 is 0 Å². The summed E-state index contributed by atoms with van der Waals surface area (Å²) in [5.74, 6) is 0.173. The van der Waals surface area contributed by atoms with Gasteiger partial charge in [0.1, 0.15) is 11.8 Å². The number of carbonyl (C=O) groups excluding carboxylic acids is 1. The number of hydrogen-bond donors (Lipinski definition) is 1. The van der Waals surface area contributed by atoms with Crippen molar-refractivity contribution in [3.63, 3.8) is 0 Å². The zero-order valence-corrected chi connectivity index (χ0v) is 11.8. The van der Waals surface area contributed by atoms with Gasteiger partial charge in [-0.15, -0.1) is 0 Å². The number of nitrogens with one attached hydrogen (secondary N) is 1. The van der Waals surface area contributed by atoms with E-state index in [1.165, 1.54) is 0 Å². The van der Waals surface area contributed by atoms with Gasteiger partial charge in [-0.05, 0) is 11.6 Å². The van der Waals surface area contributed by atoms with Crippen LogP contribution in [-0.2, 0) is 23.1 Å². The molecule has 20 heavy (non-hydrogen) atoms. The number of morpholine rings is 1. The molecule has 1 N–H and O–H groups in total. The summed E-state index contributed by atoms with van der Waals surface area (Å²) in [5, 5.41) is 12.1. The second kappa shape index (κ2) is 7.08. The van der Waals surface area contributed by atoms with Crippen molar-refractivity contribution < 1.29 is 9.53 Å². The molecule has 0 atom stereocenters. The summed E-state index contributed by atoms with van der Waals surface area (Å²) >= 11 is 0. The number of carbonyl (C=O) groups is 1. The molecule has 6 heteroatoms. The Labute approximate surface area is 118 Å². The molecule has 1 aromatic rings. The van der Waals surface area contributed by atoms with Crippen LogP contribution in [0.3, 0.4) is 0 Å². The highest BCUT2D eigenvalue weighted by atomic mass is 16.5. The lowest BCUT2D eigenvalue weighted by atomic mass is 10.3. The Morgan fingerprint density at radius 3 is 2.90 bits per heavy atom. The van der Waals surface area contributed by atoms with Crippen molar-refractivity contribution >= 4 is 5.91 Å². The third-order valence-corrected chi connectivity index (χ3v) is 3.38. The second-order valence-electron chi connectivity index (χ2n) is 4.88. The van der Waals surface area contributed by atoms with Crippen LogP contribution in [0.5, 0.6) is 0 Å². The Balaban J connectivity index is 1.68. The van der Waals surface area contributed by atoms with Gasteiger partial charge in [0.15, 0.2) is 0 Å². The molecule has 0 aliphatic carbocycles. The zero-order chi connectivity index (χ0) is 14.4. The van der Waals surface area contributed by atoms with E-state index >= 15 is 0 Å². The largest absolute Gasteiger partial charge is 0.378 e. The summed E-state index contributed by atoms with van der Waals surface area (Å²) in [6.45, 7) is 3.99. The van der Waals surface area contributed by atoms with Gasteiger partial charge in [-0.3, -0.25) is 4.79 Å². The molecule has 0 saturated carbocycles. The van der Waals surface area contributed by atoms with Crippen molar-refractivity contribution in [1.29, 1.82) is 5.26 Å². The normalized spacial score (nSPS) is 15.1. The number of nitriles is 1. The van der Waals surface area contributed by atoms with Crippen molar-refractivity contribution in [2.45, 2.75) is 13.0 Å². The van der Waals surface area contributed by atoms with E-state index in [4.69, 9.17) is 10.00 Å². The van der Waals surface area contributed by atoms with Crippen LogP contribution in [0.15, 0.2) is 12.3 Å². The third-order valence-electron chi connectivity index (χ3n) is 3.38. The Morgan fingerprint density at radius 2 is 2.25 bits per heavy atom. The first-order chi connectivity index (χ1) is 9.70. The molecule has 0 spiro atoms. The van der Waals surface area contributed by atoms with Gasteiger partial charge in [-0.1, -0.05) is 0 Å². The summed E-state index contributed by atoms with van der Waals surface area (Å²) in [4.78, 5) is 13.7. The molecule has 1 aromatic heterocycles. The smallest absolute Gasteiger partial charge is 0.224 e. The van der Waals surface area contributed by atoms with E-state index in [1.54, 1.807) is 4.57 Å². The maximum absolute atomic E-state index is 11.9. The summed E-state index contributed by atoms with van der Waals surface area (Å²) < 4.78 is 7.02. The van der Waals surface area contributed by atoms with Crippen LogP contribution in [-0.4, -0.2) is 48.2 Å². The Morgan fingerprint density at radius 1 is 1.50 bits per heavy atom. The van der Waals surface area contributed by atoms with Gasteiger partial charge in [-0.25, -0.2) is 0 Å². The lowest BCUT2D eigenvalue weighted by Crippen LogP contribution is -2.41. The minimum Gasteiger partial charge on any atom is -0.378 e. The number of hydrogen-bond acceptors (Lipinski definition) is 4. The van der Waals surface area contributed by atoms with Crippen LogP contribution < -0.4 is 5.32 Å². The molecule has 0 radical (unpaired) electrons. The molecule has 108 valence electrons. The van der Waals surface area contributed by atoms with Crippen LogP contribution in [0.1, 0.15) is 17.7 Å². The number of aryl methyl sites for hydroxylation is 1. The Bertz CT molecular complexity index is 498. The zero-order valence-electron chi connectivity index (χ0n) is 11.8. The molecule has 1 amide bonds. The topological polar surface area (TPSA) is 70.3 Å². The molecule has 2 rings (SSSR count). The summed E-state index contributed by atoms with van der Waals surface area (Å²) in [5.41, 5.74) is 1.70. The van der Waals surface area contributed by atoms with E-state index in [0.29, 0.717) is 51.5 Å². The van der Waals surface area contributed by atoms with Crippen molar-refractivity contribution in [1.82, 2.24) is 14.8 Å². The second-order valence-corrected chi connectivity index (χ2v) is 4.88. The number of nitrogens with zero attached hydrogens (tertiary/aromatic N) is 3. The van der Waals surface area contributed by atoms with Crippen LogP contribution >= 0.6 is 0 Å². The van der Waals surface area contributed by atoms with Crippen molar-refractivity contribution in [2.24, 2.45) is 7.05 Å². The van der Waals surface area contributed by atoms with E-state index in [9.17, 15) is 4.79 Å². The summed E-state index contributed by atoms with van der Waals surface area (Å²) in [6.07, 6.45) is 2.42. The summed E-state index contributed by atoms with van der Waals surface area (Å²) in [7, 11) is 1.85. The fourth-order valence-electron chi connectivity index (χ4n) is 2.24. The number of ether oxygens (including phenoxy) is 1. The van der Waals surface area contributed by atoms with Crippen molar-refractivity contribution in [3.05, 3.63) is 23.5 Å². The van der Waals surface area contributed by atoms with Crippen LogP contribution in [0.4, 0.5) is 0 Å². The molecule has 1 aliphatic rings. The van der Waals surface area contributed by atoms with E-state index in [-0.39, 0.29) is 5.91 Å². The van der Waals surface area contributed by atoms with Gasteiger partial charge in [0, 0.05) is 45.8 Å². The average molecular weight is 276 g/mol. The van der Waals surface area contributed by atoms with Gasteiger partial charge in [0.25, 0.3) is 0 Å². The number of rotatable bonds is 5. The molecule has 1 aliphatic heterocycles. The third kappa shape index (κ3) is 3.83. The molecule has 6 nitrogen and oxygen atoms in total. The molecule has 0 aromatic carbocycles. The van der Waals surface area contributed by atoms with Crippen molar-refractivity contribution in [2.75, 3.05) is 32.8 Å². The van der Waals surface area contributed by atoms with Gasteiger partial charge < -0.3 is 19.5 Å². The lowest BCUT2D eigenvalue weighted by molar-refractivity contribution is -0.135. The lowest BCUT2D eigenvalue weighted by Gasteiger charge is -2.26. The minimum atomic E-state index is 0.173. The van der Waals surface area contributed by atoms with Crippen molar-refractivity contribution in [3.8, 4) is 6.07 Å². The Kier molecular flexibility index (Phi) is 5.16. The minimum absolute atomic E-state index is 0.173. The molecule has 2 heterocycles. The monoisotopic (exact) mass is 276 g/mol. The maximum Gasteiger partial charge on any atom is 0.224 e. The number of amides is 1. The first-order valence-electron chi connectivity index (χ1n) is 6.82. The highest BCUT2D eigenvalue weighted by Crippen LogP contribution is 2.05. The molecular formula is C14H20N4O2. The van der Waals surface area contributed by atoms with E-state index in [2.05, 4.69) is 11.4 Å². The first kappa shape index (κ1) is 14.6. The van der Waals surface area contributed by atoms with Crippen LogP contribution in [0.2, 0.25) is 0 Å². The average Bonchev–Trinajstić information content (AvgIpc) is 2.84. The molecule has 0 unspecified atom stereocenters. The van der Waals surface area contributed by atoms with E-state index in [0.717, 1.165) is 5.56 Å². The van der Waals surface area contributed by atoms with Crippen LogP contribution in [0.25, 0.3) is 0 Å². The molecule has 1 fully saturated rings. The number of aromatic nitrogens is 1. The van der Waals surface area contributed by atoms with Gasteiger partial charge in [-0.2, -0.15) is 5.26 Å². The molecule has 1 saturated heterocycles. The highest BCUT2D eigenvalue weighted by Gasteiger charge is 2.15. The highest BCUT2D eigenvalue weighted by molar-refractivity contribution is 5.76. The molecular weight excluding hydrogens is 256 g/mol. The van der Waals surface area contributed by atoms with Gasteiger partial charge in [0.05, 0.1) is 13.2 Å². The van der Waals surface area contributed by atoms with Crippen LogP contribution in [0, 0.1) is 11.3 Å². The predicted molar refractivity (Wildman–Crippen MR) is 73.9 cm³/mol. The molecule has 0 bridgehead atoms. The van der Waals surface area contributed by atoms with E-state index in [1.807, 2.05) is 24.2 Å². The summed E-state index contributed by atoms with van der Waals surface area (Å²) in [6, 6.07) is 3.99. The fourth-order valence-corrected chi connectivity index (χ4v) is 2.24. The van der Waals surface area contributed by atoms with Gasteiger partial charge >= 0.3 is 0 Å². The van der Waals surface area contributed by atoms with Gasteiger partial charge in [0.2, 0.25) is 5.91 Å². The fraction of sp³-hybridized carbons (Fsp3) is 0.571. The predicted octanol–water partition coefficient (Wildman–Crippen LogP) is 0.235. The maximum atomic E-state index is 11.9.